The monoisotopic (exact) mass is 728 g/mol. The molecule has 0 radical (unpaired) electrons. The normalized spacial score (nSPS) is 29.8. The van der Waals surface area contributed by atoms with Crippen molar-refractivity contribution in [3.05, 3.63) is 64.8 Å². The molecule has 4 rings (SSSR count). The van der Waals surface area contributed by atoms with Crippen molar-refractivity contribution in [2.24, 2.45) is 23.2 Å². The summed E-state index contributed by atoms with van der Waals surface area (Å²) in [6.07, 6.45) is 13.1. The summed E-state index contributed by atoms with van der Waals surface area (Å²) in [4.78, 5) is 0.0555. The van der Waals surface area contributed by atoms with Crippen LogP contribution in [-0.4, -0.2) is 41.8 Å². The van der Waals surface area contributed by atoms with Crippen molar-refractivity contribution >= 4 is 26.8 Å². The van der Waals surface area contributed by atoms with E-state index in [0.29, 0.717) is 24.2 Å². The quantitative estimate of drug-likeness (QED) is 0.202. The Kier molecular flexibility index (Phi) is 11.8. The second-order valence-corrected chi connectivity index (χ2v) is 30.0. The molecule has 1 aromatic carbocycles. The molecule has 0 bridgehead atoms. The lowest BCUT2D eigenvalue weighted by molar-refractivity contribution is 0.0962. The van der Waals surface area contributed by atoms with Gasteiger partial charge in [-0.05, 0) is 134 Å². The minimum absolute atomic E-state index is 0.0309. The van der Waals surface area contributed by atoms with Gasteiger partial charge in [0.1, 0.15) is 0 Å². The Labute approximate surface area is 302 Å². The van der Waals surface area contributed by atoms with E-state index in [1.165, 1.54) is 18.4 Å². The zero-order chi connectivity index (χ0) is 37.0. The van der Waals surface area contributed by atoms with E-state index in [2.05, 4.69) is 100 Å². The summed E-state index contributed by atoms with van der Waals surface area (Å²) < 4.78 is 48.5. The Morgan fingerprint density at radius 2 is 1.63 bits per heavy atom. The van der Waals surface area contributed by atoms with E-state index >= 15 is 0 Å². The molecule has 3 aliphatic rings. The summed E-state index contributed by atoms with van der Waals surface area (Å²) >= 11 is 0. The number of hydrogen-bond donors (Lipinski definition) is 1. The smallest absolute Gasteiger partial charge is 0.294 e. The largest absolute Gasteiger partial charge is 0.413 e. The number of aryl methyl sites for hydroxylation is 1. The second kappa shape index (κ2) is 14.3. The minimum Gasteiger partial charge on any atom is -0.413 e. The van der Waals surface area contributed by atoms with Gasteiger partial charge in [-0.2, -0.15) is 8.42 Å². The number of hydrogen-bond acceptors (Lipinski definition) is 4. The highest BCUT2D eigenvalue weighted by Gasteiger charge is 2.51. The van der Waals surface area contributed by atoms with Gasteiger partial charge in [0.15, 0.2) is 16.6 Å². The highest BCUT2D eigenvalue weighted by Crippen LogP contribution is 2.60. The Morgan fingerprint density at radius 1 is 1.02 bits per heavy atom. The van der Waals surface area contributed by atoms with Crippen molar-refractivity contribution in [3.63, 3.8) is 0 Å². The summed E-state index contributed by atoms with van der Waals surface area (Å²) in [7, 11) is -8.28. The third kappa shape index (κ3) is 8.85. The summed E-state index contributed by atoms with van der Waals surface area (Å²) in [5.41, 5.74) is 5.86. The van der Waals surface area contributed by atoms with Gasteiger partial charge in [0.25, 0.3) is 10.1 Å². The molecule has 3 saturated carbocycles. The minimum atomic E-state index is -4.27. The van der Waals surface area contributed by atoms with E-state index < -0.39 is 26.8 Å². The molecular weight excluding hydrogens is 661 g/mol. The maximum atomic E-state index is 12.2. The molecule has 49 heavy (non-hydrogen) atoms. The number of rotatable bonds is 9. The maximum Gasteiger partial charge on any atom is 0.294 e. The molecular formula is C41H68O5SSi2. The van der Waals surface area contributed by atoms with Crippen LogP contribution in [0.15, 0.2) is 58.5 Å². The zero-order valence-corrected chi connectivity index (χ0v) is 35.9. The number of benzene rings is 1. The Bertz CT molecular complexity index is 1560. The molecule has 5 nitrogen and oxygen atoms in total. The van der Waals surface area contributed by atoms with Crippen LogP contribution in [0.4, 0.5) is 0 Å². The van der Waals surface area contributed by atoms with Gasteiger partial charge < -0.3 is 8.85 Å². The van der Waals surface area contributed by atoms with E-state index in [0.717, 1.165) is 48.8 Å². The molecule has 3 fully saturated rings. The van der Waals surface area contributed by atoms with Gasteiger partial charge >= 0.3 is 0 Å². The summed E-state index contributed by atoms with van der Waals surface area (Å²) in [6.45, 7) is 34.7. The van der Waals surface area contributed by atoms with Gasteiger partial charge in [0.05, 0.1) is 17.1 Å². The van der Waals surface area contributed by atoms with Gasteiger partial charge in [0, 0.05) is 6.42 Å². The molecule has 0 spiro atoms. The van der Waals surface area contributed by atoms with Crippen LogP contribution >= 0.6 is 0 Å². The lowest BCUT2D eigenvalue weighted by Gasteiger charge is -2.46. The van der Waals surface area contributed by atoms with Crippen molar-refractivity contribution in [2.45, 2.75) is 167 Å². The lowest BCUT2D eigenvalue weighted by Crippen LogP contribution is -2.49. The van der Waals surface area contributed by atoms with E-state index in [1.54, 1.807) is 17.7 Å². The van der Waals surface area contributed by atoms with E-state index in [-0.39, 0.29) is 32.6 Å². The molecule has 0 unspecified atom stereocenters. The van der Waals surface area contributed by atoms with Crippen LogP contribution in [-0.2, 0) is 25.4 Å². The first-order valence-corrected chi connectivity index (χ1v) is 26.0. The van der Waals surface area contributed by atoms with Crippen molar-refractivity contribution in [3.8, 4) is 0 Å². The van der Waals surface area contributed by atoms with E-state index in [4.69, 9.17) is 8.85 Å². The van der Waals surface area contributed by atoms with Crippen molar-refractivity contribution in [1.29, 1.82) is 0 Å². The molecule has 0 amide bonds. The zero-order valence-electron chi connectivity index (χ0n) is 33.1. The van der Waals surface area contributed by atoms with Crippen molar-refractivity contribution in [2.75, 3.05) is 0 Å². The van der Waals surface area contributed by atoms with Crippen LogP contribution in [0.1, 0.15) is 111 Å². The highest BCUT2D eigenvalue weighted by molar-refractivity contribution is 7.85. The molecule has 0 heterocycles. The lowest BCUT2D eigenvalue weighted by atomic mass is 9.60. The maximum absolute atomic E-state index is 12.2. The summed E-state index contributed by atoms with van der Waals surface area (Å²) in [5, 5.41) is 0.251. The molecule has 0 saturated heterocycles. The van der Waals surface area contributed by atoms with Crippen LogP contribution in [0.5, 0.6) is 0 Å². The van der Waals surface area contributed by atoms with E-state index in [9.17, 15) is 13.0 Å². The molecule has 1 N–H and O–H groups in total. The standard InChI is InChI=1S/C41H68O5SSi2/c1-28-17-22-38(47(42,43)44)33(24-28)25-29(2)35-20-21-36-31(16-15-23-41(35,36)10)18-19-32-26-34(45-48(11,12)39(4,5)6)27-37(30(32)3)46-49(13,14)40(7,8)9/h17-19,22,24,29,34-37H,3,15-16,20-21,23,25-27H2,1-2,4-14H3,(H,42,43,44)/b31-18+,32-19-/t29-,34+,35+,36-,37-,41+/m0/s1. The van der Waals surface area contributed by atoms with Crippen LogP contribution < -0.4 is 0 Å². The van der Waals surface area contributed by atoms with Crippen LogP contribution in [0.3, 0.4) is 0 Å². The van der Waals surface area contributed by atoms with Gasteiger partial charge in [-0.3, -0.25) is 4.55 Å². The highest BCUT2D eigenvalue weighted by atomic mass is 32.2. The molecule has 0 aliphatic heterocycles. The SMILES string of the molecule is C=C1/C(=C\C=C2/CCC[C@]3(C)[C@@H]([C@@H](C)Cc4cc(C)ccc4S(=O)(=O)O)CC[C@@H]23)C[C@@H](O[Si](C)(C)C(C)(C)C)C[C@@H]1O[Si](C)(C)C(C)(C)C. The number of fused-ring (bicyclic) bond motifs is 1. The van der Waals surface area contributed by atoms with Crippen LogP contribution in [0, 0.1) is 30.1 Å². The Balaban J connectivity index is 1.61. The van der Waals surface area contributed by atoms with Gasteiger partial charge in [-0.25, -0.2) is 0 Å². The molecule has 3 aliphatic carbocycles. The average Bonchev–Trinajstić information content (AvgIpc) is 3.29. The first kappa shape index (κ1) is 40.5. The fourth-order valence-electron chi connectivity index (χ4n) is 8.59. The topological polar surface area (TPSA) is 72.8 Å². The first-order valence-electron chi connectivity index (χ1n) is 18.8. The van der Waals surface area contributed by atoms with Crippen LogP contribution in [0.2, 0.25) is 36.3 Å². The number of allylic oxidation sites excluding steroid dienone is 3. The average molecular weight is 729 g/mol. The predicted octanol–water partition coefficient (Wildman–Crippen LogP) is 11.6. The third-order valence-electron chi connectivity index (χ3n) is 13.5. The summed E-state index contributed by atoms with van der Waals surface area (Å²) in [6, 6.07) is 5.26. The molecule has 0 aromatic heterocycles. The second-order valence-electron chi connectivity index (χ2n) is 19.1. The Morgan fingerprint density at radius 3 is 2.22 bits per heavy atom. The first-order chi connectivity index (χ1) is 22.3. The van der Waals surface area contributed by atoms with Crippen LogP contribution in [0.25, 0.3) is 0 Å². The fourth-order valence-corrected chi connectivity index (χ4v) is 12.0. The fraction of sp³-hybridized carbons (Fsp3) is 0.707. The van der Waals surface area contributed by atoms with Gasteiger partial charge in [0.2, 0.25) is 0 Å². The molecule has 1 aromatic rings. The molecule has 8 heteroatoms. The molecule has 6 atom stereocenters. The van der Waals surface area contributed by atoms with Crippen molar-refractivity contribution < 1.29 is 21.8 Å². The van der Waals surface area contributed by atoms with E-state index in [1.807, 2.05) is 13.0 Å². The molecule has 276 valence electrons. The van der Waals surface area contributed by atoms with Crippen molar-refractivity contribution in [1.82, 2.24) is 0 Å². The van der Waals surface area contributed by atoms with Gasteiger partial charge in [-0.1, -0.05) is 97.4 Å². The Hall–Kier alpha value is -1.30. The predicted molar refractivity (Wildman–Crippen MR) is 211 cm³/mol. The third-order valence-corrected chi connectivity index (χ3v) is 23.5. The van der Waals surface area contributed by atoms with Gasteiger partial charge in [-0.15, -0.1) is 0 Å². The summed E-state index contributed by atoms with van der Waals surface area (Å²) in [5.74, 6) is 1.30.